The van der Waals surface area contributed by atoms with E-state index in [1.54, 1.807) is 6.33 Å². The van der Waals surface area contributed by atoms with Crippen molar-refractivity contribution in [2.75, 3.05) is 38.1 Å². The minimum Gasteiger partial charge on any atom is -0.373 e. The molecule has 2 aromatic carbocycles. The van der Waals surface area contributed by atoms with Gasteiger partial charge in [0, 0.05) is 31.9 Å². The van der Waals surface area contributed by atoms with Gasteiger partial charge in [-0.3, -0.25) is 9.79 Å². The normalized spacial score (nSPS) is 19.8. The summed E-state index contributed by atoms with van der Waals surface area (Å²) in [6, 6.07) is 6.74. The van der Waals surface area contributed by atoms with Gasteiger partial charge in [-0.25, -0.2) is 4.98 Å². The number of likely N-dealkylation sites (tertiary alicyclic amines) is 1. The number of nitrogens with zero attached hydrogens (tertiary/aromatic N) is 4. The van der Waals surface area contributed by atoms with Gasteiger partial charge in [0.15, 0.2) is 0 Å². The number of hydrogen-bond donors (Lipinski definition) is 2. The van der Waals surface area contributed by atoms with Crippen molar-refractivity contribution in [3.05, 3.63) is 41.2 Å². The van der Waals surface area contributed by atoms with Crippen LogP contribution in [0, 0.1) is 5.92 Å². The predicted molar refractivity (Wildman–Crippen MR) is 151 cm³/mol. The van der Waals surface area contributed by atoms with Crippen LogP contribution in [0.2, 0.25) is 0 Å². The van der Waals surface area contributed by atoms with Crippen LogP contribution in [0.25, 0.3) is 22.2 Å². The van der Waals surface area contributed by atoms with Gasteiger partial charge in [0.1, 0.15) is 0 Å². The van der Waals surface area contributed by atoms with Crippen LogP contribution in [0.15, 0.2) is 29.5 Å². The molecular weight excluding hydrogens is 460 g/mol. The summed E-state index contributed by atoms with van der Waals surface area (Å²) in [4.78, 5) is 30.2. The van der Waals surface area contributed by atoms with Crippen molar-refractivity contribution < 1.29 is 4.79 Å². The van der Waals surface area contributed by atoms with Crippen molar-refractivity contribution >= 4 is 34.5 Å². The number of nitrogens with one attached hydrogen (secondary N) is 1. The Hall–Kier alpha value is -3.19. The van der Waals surface area contributed by atoms with Crippen LogP contribution in [0.1, 0.15) is 72.9 Å². The molecule has 1 aliphatic carbocycles. The highest BCUT2D eigenvalue weighted by atomic mass is 16.1. The van der Waals surface area contributed by atoms with Crippen LogP contribution in [0.4, 0.5) is 11.4 Å². The summed E-state index contributed by atoms with van der Waals surface area (Å²) in [6.45, 7) is 6.36. The molecule has 7 nitrogen and oxygen atoms in total. The Bertz CT molecular complexity index is 1350. The standard InChI is InChI=1S/C30H38N6O/c1-3-19-13-24-22(20-7-6-8-20)14-21(15-25(24)32-17-19)23-16-26(35(2)11-12-36-9-4-5-10-36)27(30(31)37)29-28(23)33-18-34-29/h14-20H,3-13H2,1-2H3,(H2,31,37)(H,33,34). The third-order valence-electron chi connectivity index (χ3n) is 8.82. The largest absolute Gasteiger partial charge is 0.373 e. The molecule has 1 saturated carbocycles. The second kappa shape index (κ2) is 9.93. The molecule has 2 aliphatic heterocycles. The molecule has 0 radical (unpaired) electrons. The highest BCUT2D eigenvalue weighted by Gasteiger charge is 2.28. The van der Waals surface area contributed by atoms with E-state index >= 15 is 0 Å². The van der Waals surface area contributed by atoms with E-state index in [9.17, 15) is 4.79 Å². The number of aliphatic imine (C=N–C) groups is 1. The number of primary amides is 1. The Balaban J connectivity index is 1.47. The molecule has 1 amide bonds. The lowest BCUT2D eigenvalue weighted by Crippen LogP contribution is -2.32. The molecule has 0 spiro atoms. The fraction of sp³-hybridized carbons (Fsp3) is 0.500. The van der Waals surface area contributed by atoms with E-state index in [0.717, 1.165) is 67.0 Å². The van der Waals surface area contributed by atoms with Gasteiger partial charge >= 0.3 is 0 Å². The molecule has 3 N–H and O–H groups in total. The fourth-order valence-corrected chi connectivity index (χ4v) is 6.29. The Morgan fingerprint density at radius 1 is 1.19 bits per heavy atom. The molecule has 37 heavy (non-hydrogen) atoms. The topological polar surface area (TPSA) is 90.6 Å². The molecule has 1 unspecified atom stereocenters. The minimum absolute atomic E-state index is 0.431. The molecule has 1 atom stereocenters. The number of amides is 1. The maximum absolute atomic E-state index is 12.7. The molecule has 194 valence electrons. The molecule has 7 heteroatoms. The number of hydrogen-bond acceptors (Lipinski definition) is 5. The summed E-state index contributed by atoms with van der Waals surface area (Å²) < 4.78 is 0. The number of imidazole rings is 1. The van der Waals surface area contributed by atoms with Crippen LogP contribution >= 0.6 is 0 Å². The van der Waals surface area contributed by atoms with E-state index in [1.807, 2.05) is 0 Å². The van der Waals surface area contributed by atoms with Crippen molar-refractivity contribution in [2.24, 2.45) is 16.6 Å². The first-order chi connectivity index (χ1) is 18.0. The highest BCUT2D eigenvalue weighted by molar-refractivity contribution is 6.13. The van der Waals surface area contributed by atoms with Gasteiger partial charge in [-0.05, 0) is 92.3 Å². The van der Waals surface area contributed by atoms with E-state index in [1.165, 1.54) is 43.2 Å². The van der Waals surface area contributed by atoms with Gasteiger partial charge in [-0.1, -0.05) is 19.4 Å². The lowest BCUT2D eigenvalue weighted by atomic mass is 9.75. The smallest absolute Gasteiger partial charge is 0.253 e. The van der Waals surface area contributed by atoms with Crippen molar-refractivity contribution in [1.82, 2.24) is 14.9 Å². The van der Waals surface area contributed by atoms with Gasteiger partial charge < -0.3 is 20.5 Å². The number of benzene rings is 2. The van der Waals surface area contributed by atoms with Gasteiger partial charge in [0.05, 0.1) is 34.3 Å². The average Bonchev–Trinajstić information content (AvgIpc) is 3.57. The SMILES string of the molecule is CCC1C=Nc2cc(-c3cc(N(C)CCN4CCCC4)c(C(N)=O)c4[nH]cnc34)cc(C3CCC3)c2C1. The predicted octanol–water partition coefficient (Wildman–Crippen LogP) is 5.41. The monoisotopic (exact) mass is 498 g/mol. The third-order valence-corrected chi connectivity index (χ3v) is 8.82. The zero-order valence-electron chi connectivity index (χ0n) is 22.1. The lowest BCUT2D eigenvalue weighted by molar-refractivity contribution is 0.100. The van der Waals surface area contributed by atoms with Crippen molar-refractivity contribution in [3.63, 3.8) is 0 Å². The molecule has 3 aromatic rings. The van der Waals surface area contributed by atoms with Gasteiger partial charge in [-0.2, -0.15) is 0 Å². The first-order valence-electron chi connectivity index (χ1n) is 14.0. The second-order valence-corrected chi connectivity index (χ2v) is 11.1. The summed E-state index contributed by atoms with van der Waals surface area (Å²) in [5.41, 5.74) is 15.0. The van der Waals surface area contributed by atoms with Crippen molar-refractivity contribution in [3.8, 4) is 11.1 Å². The Kier molecular flexibility index (Phi) is 6.49. The number of H-pyrrole nitrogens is 1. The van der Waals surface area contributed by atoms with E-state index in [0.29, 0.717) is 22.9 Å². The van der Waals surface area contributed by atoms with Crippen molar-refractivity contribution in [2.45, 2.75) is 57.8 Å². The van der Waals surface area contributed by atoms with Gasteiger partial charge in [0.25, 0.3) is 5.91 Å². The number of likely N-dealkylation sites (N-methyl/N-ethyl adjacent to an activating group) is 1. The summed E-state index contributed by atoms with van der Waals surface area (Å²) >= 11 is 0. The van der Waals surface area contributed by atoms with Crippen molar-refractivity contribution in [1.29, 1.82) is 0 Å². The lowest BCUT2D eigenvalue weighted by Gasteiger charge is -2.31. The average molecular weight is 499 g/mol. The molecule has 1 saturated heterocycles. The Morgan fingerprint density at radius 2 is 2.00 bits per heavy atom. The zero-order valence-corrected chi connectivity index (χ0v) is 22.1. The summed E-state index contributed by atoms with van der Waals surface area (Å²) in [5, 5.41) is 0. The quantitative estimate of drug-likeness (QED) is 0.434. The number of aromatic amines is 1. The fourth-order valence-electron chi connectivity index (χ4n) is 6.29. The molecule has 3 heterocycles. The number of aromatic nitrogens is 2. The number of carbonyl (C=O) groups is 1. The van der Waals surface area contributed by atoms with Crippen LogP contribution in [-0.2, 0) is 6.42 Å². The summed E-state index contributed by atoms with van der Waals surface area (Å²) in [7, 11) is 2.06. The second-order valence-electron chi connectivity index (χ2n) is 11.1. The number of rotatable bonds is 8. The Morgan fingerprint density at radius 3 is 2.70 bits per heavy atom. The maximum Gasteiger partial charge on any atom is 0.253 e. The molecule has 1 aromatic heterocycles. The van der Waals surface area contributed by atoms with Gasteiger partial charge in [-0.15, -0.1) is 0 Å². The number of carbonyl (C=O) groups excluding carboxylic acids is 1. The van der Waals surface area contributed by atoms with E-state index in [2.05, 4.69) is 58.2 Å². The number of nitrogens with two attached hydrogens (primary N) is 1. The number of anilines is 1. The van der Waals surface area contributed by atoms with E-state index in [4.69, 9.17) is 10.7 Å². The third kappa shape index (κ3) is 4.43. The molecule has 6 rings (SSSR count). The molecule has 3 aliphatic rings. The molecular formula is C30H38N6O. The maximum atomic E-state index is 12.7. The van der Waals surface area contributed by atoms with E-state index in [-0.39, 0.29) is 0 Å². The molecule has 0 bridgehead atoms. The minimum atomic E-state index is -0.431. The van der Waals surface area contributed by atoms with Crippen LogP contribution in [0.5, 0.6) is 0 Å². The Labute approximate surface area is 219 Å². The van der Waals surface area contributed by atoms with Gasteiger partial charge in [0.2, 0.25) is 0 Å². The summed E-state index contributed by atoms with van der Waals surface area (Å²) in [5.74, 6) is 0.697. The van der Waals surface area contributed by atoms with Crippen LogP contribution in [-0.4, -0.2) is 60.2 Å². The first kappa shape index (κ1) is 24.2. The zero-order chi connectivity index (χ0) is 25.5. The number of fused-ring (bicyclic) bond motifs is 2. The summed E-state index contributed by atoms with van der Waals surface area (Å²) in [6.07, 6.45) is 12.3. The highest BCUT2D eigenvalue weighted by Crippen LogP contribution is 2.46. The molecule has 2 fully saturated rings. The van der Waals surface area contributed by atoms with E-state index < -0.39 is 5.91 Å². The van der Waals surface area contributed by atoms with Crippen LogP contribution < -0.4 is 10.6 Å². The first-order valence-corrected chi connectivity index (χ1v) is 14.0. The van der Waals surface area contributed by atoms with Crippen LogP contribution in [0.3, 0.4) is 0 Å².